The van der Waals surface area contributed by atoms with E-state index in [0.29, 0.717) is 12.8 Å². The molecule has 0 aromatic heterocycles. The number of carbonyl (C=O) groups is 1. The third-order valence-electron chi connectivity index (χ3n) is 2.56. The van der Waals surface area contributed by atoms with E-state index in [2.05, 4.69) is 5.16 Å². The number of hydrogen-bond acceptors (Lipinski definition) is 3. The van der Waals surface area contributed by atoms with Gasteiger partial charge in [0.2, 0.25) is 0 Å². The van der Waals surface area contributed by atoms with Gasteiger partial charge in [0.25, 0.3) is 0 Å². The Balaban J connectivity index is 2.56. The highest BCUT2D eigenvalue weighted by Crippen LogP contribution is 2.29. The lowest BCUT2D eigenvalue weighted by Gasteiger charge is -2.25. The van der Waals surface area contributed by atoms with Crippen molar-refractivity contribution < 1.29 is 15.1 Å². The number of carboxylic acids is 1. The van der Waals surface area contributed by atoms with E-state index < -0.39 is 5.97 Å². The molecule has 74 valence electrons. The second-order valence-corrected chi connectivity index (χ2v) is 3.42. The molecule has 0 aromatic carbocycles. The van der Waals surface area contributed by atoms with Gasteiger partial charge in [-0.25, -0.2) is 0 Å². The number of rotatable bonds is 2. The first-order valence-corrected chi connectivity index (χ1v) is 4.35. The molecule has 1 aliphatic carbocycles. The van der Waals surface area contributed by atoms with Gasteiger partial charge in [-0.2, -0.15) is 0 Å². The van der Waals surface area contributed by atoms with Crippen molar-refractivity contribution >= 4 is 11.8 Å². The van der Waals surface area contributed by atoms with Crippen LogP contribution >= 0.6 is 0 Å². The number of nitrogens with two attached hydrogens (primary N) is 1. The lowest BCUT2D eigenvalue weighted by molar-refractivity contribution is -0.143. The van der Waals surface area contributed by atoms with Gasteiger partial charge in [0, 0.05) is 5.92 Å². The molecule has 5 nitrogen and oxygen atoms in total. The van der Waals surface area contributed by atoms with Crippen LogP contribution in [0.4, 0.5) is 0 Å². The van der Waals surface area contributed by atoms with Crippen LogP contribution in [0.25, 0.3) is 0 Å². The van der Waals surface area contributed by atoms with Gasteiger partial charge in [0.15, 0.2) is 0 Å². The molecule has 0 spiro atoms. The average Bonchev–Trinajstić information content (AvgIpc) is 2.17. The predicted molar refractivity (Wildman–Crippen MR) is 46.5 cm³/mol. The fourth-order valence-corrected chi connectivity index (χ4v) is 1.76. The van der Waals surface area contributed by atoms with Crippen molar-refractivity contribution in [2.45, 2.75) is 25.7 Å². The summed E-state index contributed by atoms with van der Waals surface area (Å²) in [5.74, 6) is -1.03. The van der Waals surface area contributed by atoms with Crippen LogP contribution in [0.15, 0.2) is 5.16 Å². The maximum absolute atomic E-state index is 10.7. The minimum absolute atomic E-state index is 0.0696. The van der Waals surface area contributed by atoms with Crippen LogP contribution in [0, 0.1) is 11.8 Å². The summed E-state index contributed by atoms with van der Waals surface area (Å²) in [6.07, 6.45) is 2.84. The molecular weight excluding hydrogens is 172 g/mol. The molecule has 0 amide bonds. The van der Waals surface area contributed by atoms with E-state index in [4.69, 9.17) is 16.0 Å². The molecule has 1 fully saturated rings. The molecule has 0 radical (unpaired) electrons. The molecule has 5 heteroatoms. The van der Waals surface area contributed by atoms with Gasteiger partial charge >= 0.3 is 5.97 Å². The van der Waals surface area contributed by atoms with Gasteiger partial charge in [0.1, 0.15) is 5.84 Å². The lowest BCUT2D eigenvalue weighted by Crippen LogP contribution is -2.31. The maximum atomic E-state index is 10.7. The van der Waals surface area contributed by atoms with E-state index in [1.165, 1.54) is 0 Å². The van der Waals surface area contributed by atoms with Crippen molar-refractivity contribution in [2.24, 2.45) is 22.7 Å². The summed E-state index contributed by atoms with van der Waals surface area (Å²) in [5, 5.41) is 20.1. The molecule has 0 aromatic rings. The SMILES string of the molecule is N/C(=N\O)C1CCCC(C(=O)O)C1. The van der Waals surface area contributed by atoms with E-state index in [0.717, 1.165) is 12.8 Å². The first-order chi connectivity index (χ1) is 6.15. The third-order valence-corrected chi connectivity index (χ3v) is 2.56. The largest absolute Gasteiger partial charge is 0.481 e. The summed E-state index contributed by atoms with van der Waals surface area (Å²) in [5.41, 5.74) is 5.42. The molecule has 1 saturated carbocycles. The molecule has 0 aliphatic heterocycles. The molecule has 1 rings (SSSR count). The number of nitrogens with zero attached hydrogens (tertiary/aromatic N) is 1. The first-order valence-electron chi connectivity index (χ1n) is 4.35. The number of hydrogen-bond donors (Lipinski definition) is 3. The fourth-order valence-electron chi connectivity index (χ4n) is 1.76. The highest BCUT2D eigenvalue weighted by Gasteiger charge is 2.28. The van der Waals surface area contributed by atoms with Crippen LogP contribution in [0.3, 0.4) is 0 Å². The molecular formula is C8H14N2O3. The Bertz CT molecular complexity index is 227. The Hall–Kier alpha value is -1.26. The highest BCUT2D eigenvalue weighted by molar-refractivity contribution is 5.83. The van der Waals surface area contributed by atoms with Gasteiger partial charge in [0.05, 0.1) is 5.92 Å². The highest BCUT2D eigenvalue weighted by atomic mass is 16.4. The topological polar surface area (TPSA) is 95.9 Å². The van der Waals surface area contributed by atoms with Crippen molar-refractivity contribution in [3.63, 3.8) is 0 Å². The Morgan fingerprint density at radius 2 is 2.00 bits per heavy atom. The van der Waals surface area contributed by atoms with Crippen molar-refractivity contribution in [3.8, 4) is 0 Å². The zero-order chi connectivity index (χ0) is 9.84. The Kier molecular flexibility index (Phi) is 3.11. The van der Waals surface area contributed by atoms with E-state index in [-0.39, 0.29) is 17.7 Å². The number of aliphatic carboxylic acids is 1. The quantitative estimate of drug-likeness (QED) is 0.255. The normalized spacial score (nSPS) is 30.0. The molecule has 0 heterocycles. The minimum Gasteiger partial charge on any atom is -0.481 e. The Morgan fingerprint density at radius 3 is 2.54 bits per heavy atom. The molecule has 13 heavy (non-hydrogen) atoms. The van der Waals surface area contributed by atoms with Crippen LogP contribution in [0.2, 0.25) is 0 Å². The summed E-state index contributed by atoms with van der Waals surface area (Å²) in [7, 11) is 0. The van der Waals surface area contributed by atoms with Crippen LogP contribution in [0.1, 0.15) is 25.7 Å². The van der Waals surface area contributed by atoms with Gasteiger partial charge in [-0.05, 0) is 19.3 Å². The maximum Gasteiger partial charge on any atom is 0.306 e. The molecule has 0 saturated heterocycles. The lowest BCUT2D eigenvalue weighted by atomic mass is 9.81. The third kappa shape index (κ3) is 2.34. The Morgan fingerprint density at radius 1 is 1.38 bits per heavy atom. The smallest absolute Gasteiger partial charge is 0.306 e. The Labute approximate surface area is 76.2 Å². The minimum atomic E-state index is -0.782. The molecule has 1 aliphatic rings. The fraction of sp³-hybridized carbons (Fsp3) is 0.750. The van der Waals surface area contributed by atoms with Gasteiger partial charge < -0.3 is 16.0 Å². The molecule has 2 atom stereocenters. The second-order valence-electron chi connectivity index (χ2n) is 3.42. The van der Waals surface area contributed by atoms with Crippen molar-refractivity contribution in [1.82, 2.24) is 0 Å². The van der Waals surface area contributed by atoms with Crippen molar-refractivity contribution in [2.75, 3.05) is 0 Å². The van der Waals surface area contributed by atoms with Crippen LogP contribution in [-0.4, -0.2) is 22.1 Å². The molecule has 0 bridgehead atoms. The number of oxime groups is 1. The number of amidine groups is 1. The zero-order valence-corrected chi connectivity index (χ0v) is 7.31. The summed E-state index contributed by atoms with van der Waals surface area (Å²) in [4.78, 5) is 10.7. The average molecular weight is 186 g/mol. The molecule has 4 N–H and O–H groups in total. The van der Waals surface area contributed by atoms with E-state index in [9.17, 15) is 4.79 Å². The monoisotopic (exact) mass is 186 g/mol. The number of carboxylic acid groups (broad SMARTS) is 1. The van der Waals surface area contributed by atoms with Crippen molar-refractivity contribution in [1.29, 1.82) is 0 Å². The summed E-state index contributed by atoms with van der Waals surface area (Å²) in [6, 6.07) is 0. The predicted octanol–water partition coefficient (Wildman–Crippen LogP) is 0.624. The van der Waals surface area contributed by atoms with E-state index in [1.807, 2.05) is 0 Å². The standard InChI is InChI=1S/C8H14N2O3/c9-7(10-13)5-2-1-3-6(4-5)8(11)12/h5-6,13H,1-4H2,(H2,9,10)(H,11,12). The molecule has 2 unspecified atom stereocenters. The van der Waals surface area contributed by atoms with Gasteiger partial charge in [-0.1, -0.05) is 11.6 Å². The first kappa shape index (κ1) is 9.83. The summed E-state index contributed by atoms with van der Waals surface area (Å²) in [6.45, 7) is 0. The summed E-state index contributed by atoms with van der Waals surface area (Å²) < 4.78 is 0. The second kappa shape index (κ2) is 4.11. The van der Waals surface area contributed by atoms with Crippen LogP contribution in [-0.2, 0) is 4.79 Å². The van der Waals surface area contributed by atoms with Crippen LogP contribution in [0.5, 0.6) is 0 Å². The van der Waals surface area contributed by atoms with Crippen LogP contribution < -0.4 is 5.73 Å². The van der Waals surface area contributed by atoms with Gasteiger partial charge in [-0.15, -0.1) is 0 Å². The van der Waals surface area contributed by atoms with Crippen molar-refractivity contribution in [3.05, 3.63) is 0 Å². The van der Waals surface area contributed by atoms with E-state index >= 15 is 0 Å². The summed E-state index contributed by atoms with van der Waals surface area (Å²) >= 11 is 0. The van der Waals surface area contributed by atoms with Gasteiger partial charge in [-0.3, -0.25) is 4.79 Å². The van der Waals surface area contributed by atoms with E-state index in [1.54, 1.807) is 0 Å². The zero-order valence-electron chi connectivity index (χ0n) is 7.31.